The molecule has 27 heavy (non-hydrogen) atoms. The highest BCUT2D eigenvalue weighted by Crippen LogP contribution is 2.41. The summed E-state index contributed by atoms with van der Waals surface area (Å²) in [7, 11) is 1.93. The molecule has 1 unspecified atom stereocenters. The molecule has 138 valence electrons. The zero-order valence-electron chi connectivity index (χ0n) is 15.2. The van der Waals surface area contributed by atoms with E-state index in [1.54, 1.807) is 11.3 Å². The highest BCUT2D eigenvalue weighted by atomic mass is 32.1. The number of carbonyl (C=O) groups is 1. The predicted molar refractivity (Wildman–Crippen MR) is 106 cm³/mol. The van der Waals surface area contributed by atoms with Crippen molar-refractivity contribution in [1.29, 1.82) is 0 Å². The fraction of sp³-hybridized carbons (Fsp3) is 0.238. The van der Waals surface area contributed by atoms with Crippen LogP contribution in [-0.2, 0) is 14.3 Å². The molecule has 1 aliphatic rings. The van der Waals surface area contributed by atoms with Gasteiger partial charge >= 0.3 is 5.97 Å². The van der Waals surface area contributed by atoms with Crippen LogP contribution >= 0.6 is 11.3 Å². The first-order valence-electron chi connectivity index (χ1n) is 8.84. The number of hydrogen-bond acceptors (Lipinski definition) is 6. The second-order valence-electron chi connectivity index (χ2n) is 6.28. The van der Waals surface area contributed by atoms with Crippen LogP contribution in [0.1, 0.15) is 30.8 Å². The normalized spacial score (nSPS) is 16.7. The van der Waals surface area contributed by atoms with Gasteiger partial charge in [-0.2, -0.15) is 11.3 Å². The van der Waals surface area contributed by atoms with Gasteiger partial charge in [0, 0.05) is 23.4 Å². The molecule has 0 aliphatic carbocycles. The average Bonchev–Trinajstić information content (AvgIpc) is 3.31. The third-order valence-corrected chi connectivity index (χ3v) is 5.23. The summed E-state index contributed by atoms with van der Waals surface area (Å²) in [5.74, 6) is 0.453. The lowest BCUT2D eigenvalue weighted by Gasteiger charge is -2.22. The topological polar surface area (TPSA) is 51.7 Å². The molecule has 3 heterocycles. The largest absolute Gasteiger partial charge is 0.466 e. The number of benzene rings is 1. The molecule has 1 aliphatic heterocycles. The van der Waals surface area contributed by atoms with Gasteiger partial charge in [-0.25, -0.2) is 4.98 Å². The van der Waals surface area contributed by atoms with Crippen molar-refractivity contribution in [2.24, 2.45) is 0 Å². The van der Waals surface area contributed by atoms with Crippen LogP contribution in [0.2, 0.25) is 0 Å². The molecule has 6 heteroatoms. The van der Waals surface area contributed by atoms with E-state index in [0.29, 0.717) is 12.4 Å². The molecular formula is C21H20N2O3S. The van der Waals surface area contributed by atoms with E-state index in [-0.39, 0.29) is 18.6 Å². The van der Waals surface area contributed by atoms with Gasteiger partial charge in [-0.05, 0) is 30.5 Å². The highest BCUT2D eigenvalue weighted by molar-refractivity contribution is 7.08. The van der Waals surface area contributed by atoms with Gasteiger partial charge < -0.3 is 14.4 Å². The SMILES string of the molecule is CCOC(=O)CC1=C(c2ccsc2)OC(c2ccc3ccccc3n2)N1C. The third kappa shape index (κ3) is 3.40. The Morgan fingerprint density at radius 3 is 2.89 bits per heavy atom. The number of thiophene rings is 1. The molecule has 0 radical (unpaired) electrons. The van der Waals surface area contributed by atoms with Gasteiger partial charge in [0.05, 0.1) is 24.2 Å². The Balaban J connectivity index is 1.69. The summed E-state index contributed by atoms with van der Waals surface area (Å²) >= 11 is 1.59. The lowest BCUT2D eigenvalue weighted by atomic mass is 10.1. The van der Waals surface area contributed by atoms with Crippen molar-refractivity contribution in [2.75, 3.05) is 13.7 Å². The van der Waals surface area contributed by atoms with Crippen LogP contribution in [0.15, 0.2) is 58.9 Å². The fourth-order valence-corrected chi connectivity index (χ4v) is 3.86. The van der Waals surface area contributed by atoms with Gasteiger partial charge in [0.1, 0.15) is 5.69 Å². The Bertz CT molecular complexity index is 998. The van der Waals surface area contributed by atoms with Crippen LogP contribution in [0, 0.1) is 0 Å². The van der Waals surface area contributed by atoms with Crippen molar-refractivity contribution < 1.29 is 14.3 Å². The van der Waals surface area contributed by atoms with Gasteiger partial charge in [-0.1, -0.05) is 24.3 Å². The maximum Gasteiger partial charge on any atom is 0.311 e. The number of carbonyl (C=O) groups excluding carboxylic acids is 1. The van der Waals surface area contributed by atoms with Gasteiger partial charge in [-0.3, -0.25) is 4.79 Å². The third-order valence-electron chi connectivity index (χ3n) is 4.54. The zero-order valence-corrected chi connectivity index (χ0v) is 16.0. The number of pyridine rings is 1. The Kier molecular flexibility index (Phi) is 4.81. The quantitative estimate of drug-likeness (QED) is 0.607. The number of aromatic nitrogens is 1. The number of hydrogen-bond donors (Lipinski definition) is 0. The molecule has 2 aromatic heterocycles. The number of esters is 1. The summed E-state index contributed by atoms with van der Waals surface area (Å²) in [6.45, 7) is 2.17. The Hall–Kier alpha value is -2.86. The predicted octanol–water partition coefficient (Wildman–Crippen LogP) is 4.58. The first kappa shape index (κ1) is 17.5. The van der Waals surface area contributed by atoms with Crippen LogP contribution in [0.4, 0.5) is 0 Å². The maximum atomic E-state index is 12.1. The standard InChI is InChI=1S/C21H20N2O3S/c1-3-25-19(24)12-18-20(15-10-11-27-13-15)26-21(23(18)2)17-9-8-14-6-4-5-7-16(14)22-17/h4-11,13,21H,3,12H2,1-2H3. The van der Waals surface area contributed by atoms with E-state index >= 15 is 0 Å². The molecular weight excluding hydrogens is 360 g/mol. The second kappa shape index (κ2) is 7.40. The fourth-order valence-electron chi connectivity index (χ4n) is 3.22. The lowest BCUT2D eigenvalue weighted by molar-refractivity contribution is -0.142. The van der Waals surface area contributed by atoms with Crippen LogP contribution in [0.5, 0.6) is 0 Å². The lowest BCUT2D eigenvalue weighted by Crippen LogP contribution is -2.22. The van der Waals surface area contributed by atoms with Gasteiger partial charge in [0.25, 0.3) is 0 Å². The minimum absolute atomic E-state index is 0.166. The Morgan fingerprint density at radius 2 is 2.11 bits per heavy atom. The van der Waals surface area contributed by atoms with Crippen molar-refractivity contribution in [3.05, 3.63) is 70.2 Å². The van der Waals surface area contributed by atoms with E-state index in [4.69, 9.17) is 14.5 Å². The molecule has 0 N–H and O–H groups in total. The van der Waals surface area contributed by atoms with Crippen LogP contribution < -0.4 is 0 Å². The molecule has 0 saturated carbocycles. The first-order chi connectivity index (χ1) is 13.2. The van der Waals surface area contributed by atoms with E-state index < -0.39 is 0 Å². The van der Waals surface area contributed by atoms with E-state index in [1.165, 1.54) is 0 Å². The summed E-state index contributed by atoms with van der Waals surface area (Å²) in [4.78, 5) is 18.9. The number of nitrogens with zero attached hydrogens (tertiary/aromatic N) is 2. The number of ether oxygens (including phenoxy) is 2. The van der Waals surface area contributed by atoms with Gasteiger partial charge in [0.15, 0.2) is 5.76 Å². The summed E-state index contributed by atoms with van der Waals surface area (Å²) in [6, 6.07) is 14.0. The van der Waals surface area contributed by atoms with Crippen molar-refractivity contribution in [2.45, 2.75) is 19.6 Å². The molecule has 1 aromatic carbocycles. The minimum Gasteiger partial charge on any atom is -0.466 e. The number of para-hydroxylation sites is 1. The van der Waals surface area contributed by atoms with E-state index in [0.717, 1.165) is 27.9 Å². The van der Waals surface area contributed by atoms with Crippen LogP contribution in [-0.4, -0.2) is 29.5 Å². The summed E-state index contributed by atoms with van der Waals surface area (Å²) in [5, 5.41) is 5.10. The smallest absolute Gasteiger partial charge is 0.311 e. The van der Waals surface area contributed by atoms with Crippen molar-refractivity contribution in [3.63, 3.8) is 0 Å². The van der Waals surface area contributed by atoms with Gasteiger partial charge in [-0.15, -0.1) is 0 Å². The van der Waals surface area contributed by atoms with Crippen molar-refractivity contribution in [3.8, 4) is 0 Å². The van der Waals surface area contributed by atoms with E-state index in [2.05, 4.69) is 0 Å². The summed E-state index contributed by atoms with van der Waals surface area (Å²) < 4.78 is 11.4. The molecule has 0 saturated heterocycles. The molecule has 0 spiro atoms. The first-order valence-corrected chi connectivity index (χ1v) is 9.78. The highest BCUT2D eigenvalue weighted by Gasteiger charge is 2.35. The van der Waals surface area contributed by atoms with Crippen molar-refractivity contribution in [1.82, 2.24) is 9.88 Å². The van der Waals surface area contributed by atoms with Crippen LogP contribution in [0.25, 0.3) is 16.7 Å². The van der Waals surface area contributed by atoms with E-state index in [9.17, 15) is 4.79 Å². The molecule has 4 rings (SSSR count). The maximum absolute atomic E-state index is 12.1. The second-order valence-corrected chi connectivity index (χ2v) is 7.06. The monoisotopic (exact) mass is 380 g/mol. The zero-order chi connectivity index (χ0) is 18.8. The van der Waals surface area contributed by atoms with Crippen LogP contribution in [0.3, 0.4) is 0 Å². The molecule has 5 nitrogen and oxygen atoms in total. The Morgan fingerprint density at radius 1 is 1.26 bits per heavy atom. The molecule has 0 fully saturated rings. The molecule has 1 atom stereocenters. The summed E-state index contributed by atoms with van der Waals surface area (Å²) in [6.07, 6.45) is -0.214. The van der Waals surface area contributed by atoms with Gasteiger partial charge in [0.2, 0.25) is 6.23 Å². The minimum atomic E-state index is -0.381. The molecule has 0 bridgehead atoms. The summed E-state index contributed by atoms with van der Waals surface area (Å²) in [5.41, 5.74) is 3.51. The molecule has 0 amide bonds. The van der Waals surface area contributed by atoms with Crippen molar-refractivity contribution >= 4 is 34.0 Å². The van der Waals surface area contributed by atoms with E-state index in [1.807, 2.05) is 72.1 Å². The number of rotatable bonds is 5. The average molecular weight is 380 g/mol. The number of fused-ring (bicyclic) bond motifs is 1. The Labute approximate surface area is 161 Å². The molecule has 3 aromatic rings.